The molecule has 1 aromatic rings. The molecule has 0 saturated carbocycles. The number of carbonyl (C=O) groups is 1. The number of hydrogen-bond acceptors (Lipinski definition) is 4. The van der Waals surface area contributed by atoms with Crippen molar-refractivity contribution in [3.05, 3.63) is 23.8 Å². The molecule has 0 bridgehead atoms. The van der Waals surface area contributed by atoms with Crippen LogP contribution < -0.4 is 10.1 Å². The van der Waals surface area contributed by atoms with Gasteiger partial charge in [-0.1, -0.05) is 0 Å². The lowest BCUT2D eigenvalue weighted by Crippen LogP contribution is -2.39. The van der Waals surface area contributed by atoms with E-state index in [1.807, 2.05) is 19.9 Å². The number of fused-ring (bicyclic) bond motifs is 1. The molecule has 1 aromatic carbocycles. The fourth-order valence-electron chi connectivity index (χ4n) is 2.27. The number of phenolic OH excluding ortho intramolecular Hbond substituents is 1. The predicted molar refractivity (Wildman–Crippen MR) is 72.3 cm³/mol. The van der Waals surface area contributed by atoms with E-state index in [-0.39, 0.29) is 17.7 Å². The second kappa shape index (κ2) is 5.93. The lowest BCUT2D eigenvalue weighted by atomic mass is 10.1. The zero-order valence-electron chi connectivity index (χ0n) is 11.3. The summed E-state index contributed by atoms with van der Waals surface area (Å²) in [5.74, 6) is 0.976. The Hall–Kier alpha value is -1.75. The maximum Gasteiger partial charge on any atom is 0.236 e. The van der Waals surface area contributed by atoms with Crippen molar-refractivity contribution < 1.29 is 14.6 Å². The summed E-state index contributed by atoms with van der Waals surface area (Å²) in [4.78, 5) is 13.7. The zero-order valence-corrected chi connectivity index (χ0v) is 11.3. The first kappa shape index (κ1) is 13.7. The van der Waals surface area contributed by atoms with Crippen molar-refractivity contribution in [3.63, 3.8) is 0 Å². The second-order valence-electron chi connectivity index (χ2n) is 4.53. The van der Waals surface area contributed by atoms with Crippen molar-refractivity contribution in [3.8, 4) is 11.5 Å². The SMILES string of the molecule is CCN(CC)C(=O)CNC1COc2cc(O)ccc21. The first-order valence-electron chi connectivity index (χ1n) is 6.62. The Morgan fingerprint density at radius 3 is 2.89 bits per heavy atom. The minimum absolute atomic E-state index is 0.00936. The molecule has 2 rings (SSSR count). The van der Waals surface area contributed by atoms with Crippen LogP contribution in [0.2, 0.25) is 0 Å². The van der Waals surface area contributed by atoms with E-state index in [9.17, 15) is 9.90 Å². The number of aromatic hydroxyl groups is 1. The van der Waals surface area contributed by atoms with Crippen LogP contribution in [0.4, 0.5) is 0 Å². The standard InChI is InChI=1S/C14H20N2O3/c1-3-16(4-2)14(18)8-15-12-9-19-13-7-10(17)5-6-11(12)13/h5-7,12,15,17H,3-4,8-9H2,1-2H3. The van der Waals surface area contributed by atoms with E-state index in [0.717, 1.165) is 18.7 Å². The Kier molecular flexibility index (Phi) is 4.27. The minimum Gasteiger partial charge on any atom is -0.508 e. The summed E-state index contributed by atoms with van der Waals surface area (Å²) in [6.07, 6.45) is 0. The number of hydrogen-bond donors (Lipinski definition) is 2. The van der Waals surface area contributed by atoms with E-state index in [1.54, 1.807) is 17.0 Å². The number of amides is 1. The van der Waals surface area contributed by atoms with Crippen LogP contribution in [-0.2, 0) is 4.79 Å². The minimum atomic E-state index is 0.00936. The van der Waals surface area contributed by atoms with Gasteiger partial charge in [-0.15, -0.1) is 0 Å². The maximum atomic E-state index is 11.9. The Morgan fingerprint density at radius 1 is 1.47 bits per heavy atom. The van der Waals surface area contributed by atoms with E-state index in [1.165, 1.54) is 0 Å². The van der Waals surface area contributed by atoms with Crippen molar-refractivity contribution in [2.45, 2.75) is 19.9 Å². The summed E-state index contributed by atoms with van der Waals surface area (Å²) >= 11 is 0. The number of likely N-dealkylation sites (N-methyl/N-ethyl adjacent to an activating group) is 1. The van der Waals surface area contributed by atoms with Crippen molar-refractivity contribution in [1.29, 1.82) is 0 Å². The second-order valence-corrected chi connectivity index (χ2v) is 4.53. The highest BCUT2D eigenvalue weighted by atomic mass is 16.5. The van der Waals surface area contributed by atoms with E-state index < -0.39 is 0 Å². The highest BCUT2D eigenvalue weighted by Gasteiger charge is 2.25. The monoisotopic (exact) mass is 264 g/mol. The van der Waals surface area contributed by atoms with Crippen LogP contribution in [0.5, 0.6) is 11.5 Å². The largest absolute Gasteiger partial charge is 0.508 e. The smallest absolute Gasteiger partial charge is 0.236 e. The van der Waals surface area contributed by atoms with Crippen LogP contribution in [0, 0.1) is 0 Å². The molecule has 5 heteroatoms. The molecule has 0 aromatic heterocycles. The molecule has 5 nitrogen and oxygen atoms in total. The number of phenols is 1. The summed E-state index contributed by atoms with van der Waals surface area (Å²) in [5, 5.41) is 12.6. The van der Waals surface area contributed by atoms with Crippen LogP contribution in [0.3, 0.4) is 0 Å². The molecule has 19 heavy (non-hydrogen) atoms. The molecule has 0 fully saturated rings. The molecule has 1 aliphatic rings. The lowest BCUT2D eigenvalue weighted by Gasteiger charge is -2.20. The maximum absolute atomic E-state index is 11.9. The van der Waals surface area contributed by atoms with Crippen LogP contribution in [0.15, 0.2) is 18.2 Å². The Morgan fingerprint density at radius 2 is 2.21 bits per heavy atom. The van der Waals surface area contributed by atoms with Gasteiger partial charge in [0.2, 0.25) is 5.91 Å². The number of nitrogens with one attached hydrogen (secondary N) is 1. The van der Waals surface area contributed by atoms with Gasteiger partial charge in [0.25, 0.3) is 0 Å². The van der Waals surface area contributed by atoms with Crippen molar-refractivity contribution in [1.82, 2.24) is 10.2 Å². The van der Waals surface area contributed by atoms with Crippen molar-refractivity contribution in [2.24, 2.45) is 0 Å². The van der Waals surface area contributed by atoms with Gasteiger partial charge in [-0.3, -0.25) is 10.1 Å². The zero-order chi connectivity index (χ0) is 13.8. The topological polar surface area (TPSA) is 61.8 Å². The summed E-state index contributed by atoms with van der Waals surface area (Å²) in [6.45, 7) is 6.18. The summed E-state index contributed by atoms with van der Waals surface area (Å²) in [6, 6.07) is 5.07. The highest BCUT2D eigenvalue weighted by Crippen LogP contribution is 2.34. The van der Waals surface area contributed by atoms with Crippen LogP contribution in [-0.4, -0.2) is 42.2 Å². The normalized spacial score (nSPS) is 16.8. The van der Waals surface area contributed by atoms with Gasteiger partial charge in [0.1, 0.15) is 18.1 Å². The van der Waals surface area contributed by atoms with Gasteiger partial charge in [-0.25, -0.2) is 0 Å². The summed E-state index contributed by atoms with van der Waals surface area (Å²) in [5.41, 5.74) is 0.991. The molecule has 0 radical (unpaired) electrons. The fourth-order valence-corrected chi connectivity index (χ4v) is 2.27. The van der Waals surface area contributed by atoms with Gasteiger partial charge in [-0.2, -0.15) is 0 Å². The summed E-state index contributed by atoms with van der Waals surface area (Å²) < 4.78 is 5.49. The quantitative estimate of drug-likeness (QED) is 0.841. The van der Waals surface area contributed by atoms with Crippen LogP contribution >= 0.6 is 0 Å². The molecule has 1 heterocycles. The first-order valence-corrected chi connectivity index (χ1v) is 6.62. The van der Waals surface area contributed by atoms with E-state index >= 15 is 0 Å². The predicted octanol–water partition coefficient (Wildman–Crippen LogP) is 1.28. The third kappa shape index (κ3) is 2.98. The lowest BCUT2D eigenvalue weighted by molar-refractivity contribution is -0.130. The molecule has 1 unspecified atom stereocenters. The number of rotatable bonds is 5. The Bertz CT molecular complexity index is 458. The molecular weight excluding hydrogens is 244 g/mol. The van der Waals surface area contributed by atoms with Gasteiger partial charge >= 0.3 is 0 Å². The third-order valence-electron chi connectivity index (χ3n) is 3.39. The van der Waals surface area contributed by atoms with Gasteiger partial charge in [-0.05, 0) is 26.0 Å². The van der Waals surface area contributed by atoms with Crippen LogP contribution in [0.25, 0.3) is 0 Å². The van der Waals surface area contributed by atoms with E-state index in [4.69, 9.17) is 4.74 Å². The molecule has 1 amide bonds. The van der Waals surface area contributed by atoms with Crippen molar-refractivity contribution in [2.75, 3.05) is 26.2 Å². The molecule has 0 spiro atoms. The molecule has 0 aliphatic carbocycles. The molecule has 1 aliphatic heterocycles. The average molecular weight is 264 g/mol. The summed E-state index contributed by atoms with van der Waals surface area (Å²) in [7, 11) is 0. The molecule has 2 N–H and O–H groups in total. The van der Waals surface area contributed by atoms with Crippen molar-refractivity contribution >= 4 is 5.91 Å². The van der Waals surface area contributed by atoms with Gasteiger partial charge in [0.05, 0.1) is 12.6 Å². The highest BCUT2D eigenvalue weighted by molar-refractivity contribution is 5.78. The number of carbonyl (C=O) groups excluding carboxylic acids is 1. The third-order valence-corrected chi connectivity index (χ3v) is 3.39. The number of nitrogens with zero attached hydrogens (tertiary/aromatic N) is 1. The first-order chi connectivity index (χ1) is 9.15. The molecule has 0 saturated heterocycles. The number of benzene rings is 1. The molecule has 104 valence electrons. The van der Waals surface area contributed by atoms with Gasteiger partial charge in [0, 0.05) is 24.7 Å². The van der Waals surface area contributed by atoms with Gasteiger partial charge < -0.3 is 14.7 Å². The molecular formula is C14H20N2O3. The molecule has 1 atom stereocenters. The fraction of sp³-hybridized carbons (Fsp3) is 0.500. The van der Waals surface area contributed by atoms with E-state index in [0.29, 0.717) is 18.9 Å². The van der Waals surface area contributed by atoms with Crippen LogP contribution in [0.1, 0.15) is 25.5 Å². The Balaban J connectivity index is 1.94. The van der Waals surface area contributed by atoms with E-state index in [2.05, 4.69) is 5.32 Å². The number of ether oxygens (including phenoxy) is 1. The van der Waals surface area contributed by atoms with Gasteiger partial charge in [0.15, 0.2) is 0 Å². The Labute approximate surface area is 113 Å². The average Bonchev–Trinajstić information content (AvgIpc) is 2.80.